The van der Waals surface area contributed by atoms with Crippen molar-refractivity contribution in [3.05, 3.63) is 51.5 Å². The lowest BCUT2D eigenvalue weighted by atomic mass is 9.89. The van der Waals surface area contributed by atoms with Crippen LogP contribution >= 0.6 is 11.3 Å². The number of nitrogens with two attached hydrogens (primary N) is 1. The fourth-order valence-corrected chi connectivity index (χ4v) is 3.45. The summed E-state index contributed by atoms with van der Waals surface area (Å²) in [7, 11) is 0. The van der Waals surface area contributed by atoms with Gasteiger partial charge in [-0.1, -0.05) is 24.3 Å². The van der Waals surface area contributed by atoms with E-state index >= 15 is 0 Å². The Labute approximate surface area is 128 Å². The topological polar surface area (TPSA) is 65.2 Å². The lowest BCUT2D eigenvalue weighted by Gasteiger charge is -2.25. The summed E-state index contributed by atoms with van der Waals surface area (Å²) in [5, 5.41) is 2.63. The second-order valence-corrected chi connectivity index (χ2v) is 6.09. The van der Waals surface area contributed by atoms with Crippen LogP contribution in [0.15, 0.2) is 29.6 Å². The van der Waals surface area contributed by atoms with E-state index in [2.05, 4.69) is 11.1 Å². The molecule has 2 aromatic rings. The van der Waals surface area contributed by atoms with Gasteiger partial charge in [-0.15, -0.1) is 11.3 Å². The second-order valence-electron chi connectivity index (χ2n) is 5.15. The standard InChI is InChI=1S/C16H18N2O2S/c17-9-8-15-18-13(10-21-15)16(19)20-14-7-3-5-11-4-1-2-6-12(11)14/h1-2,4,6,10,14H,3,5,7-9,17H2. The molecular formula is C16H18N2O2S. The zero-order valence-corrected chi connectivity index (χ0v) is 12.6. The van der Waals surface area contributed by atoms with Crippen molar-refractivity contribution < 1.29 is 9.53 Å². The van der Waals surface area contributed by atoms with E-state index < -0.39 is 0 Å². The Morgan fingerprint density at radius 3 is 3.14 bits per heavy atom. The SMILES string of the molecule is NCCc1nc(C(=O)OC2CCCc3ccccc32)cs1. The number of esters is 1. The number of aromatic nitrogens is 1. The lowest BCUT2D eigenvalue weighted by molar-refractivity contribution is 0.0250. The van der Waals surface area contributed by atoms with Gasteiger partial charge in [-0.3, -0.25) is 0 Å². The molecule has 1 atom stereocenters. The van der Waals surface area contributed by atoms with Gasteiger partial charge in [0.1, 0.15) is 6.10 Å². The normalized spacial score (nSPS) is 17.3. The Balaban J connectivity index is 1.73. The number of fused-ring (bicyclic) bond motifs is 1. The number of rotatable bonds is 4. The van der Waals surface area contributed by atoms with Crippen LogP contribution in [0.25, 0.3) is 0 Å². The number of carbonyl (C=O) groups is 1. The van der Waals surface area contributed by atoms with Crippen LogP contribution in [0.5, 0.6) is 0 Å². The van der Waals surface area contributed by atoms with Crippen LogP contribution in [0.1, 0.15) is 45.6 Å². The molecule has 0 saturated heterocycles. The molecule has 1 aromatic carbocycles. The van der Waals surface area contributed by atoms with E-state index in [9.17, 15) is 4.79 Å². The molecule has 0 fully saturated rings. The summed E-state index contributed by atoms with van der Waals surface area (Å²) in [4.78, 5) is 16.5. The third-order valence-corrected chi connectivity index (χ3v) is 4.59. The Morgan fingerprint density at radius 1 is 1.43 bits per heavy atom. The molecule has 2 N–H and O–H groups in total. The molecule has 0 saturated carbocycles. The Morgan fingerprint density at radius 2 is 2.29 bits per heavy atom. The molecule has 1 unspecified atom stereocenters. The first-order valence-electron chi connectivity index (χ1n) is 7.21. The van der Waals surface area contributed by atoms with Crippen molar-refractivity contribution in [3.8, 4) is 0 Å². The number of hydrogen-bond donors (Lipinski definition) is 1. The molecule has 1 aliphatic rings. The zero-order chi connectivity index (χ0) is 14.7. The highest BCUT2D eigenvalue weighted by Gasteiger charge is 2.24. The number of benzene rings is 1. The number of carbonyl (C=O) groups excluding carboxylic acids is 1. The quantitative estimate of drug-likeness (QED) is 0.882. The number of ether oxygens (including phenoxy) is 1. The van der Waals surface area contributed by atoms with Gasteiger partial charge in [0.05, 0.1) is 5.01 Å². The largest absolute Gasteiger partial charge is 0.453 e. The predicted octanol–water partition coefficient (Wildman–Crippen LogP) is 2.88. The number of hydrogen-bond acceptors (Lipinski definition) is 5. The van der Waals surface area contributed by atoms with E-state index in [0.29, 0.717) is 18.7 Å². The molecule has 4 nitrogen and oxygen atoms in total. The minimum atomic E-state index is -0.337. The van der Waals surface area contributed by atoms with Crippen LogP contribution in [0, 0.1) is 0 Å². The average Bonchev–Trinajstić information content (AvgIpc) is 2.97. The molecule has 110 valence electrons. The molecule has 1 heterocycles. The van der Waals surface area contributed by atoms with Crippen LogP contribution in [0.3, 0.4) is 0 Å². The average molecular weight is 302 g/mol. The van der Waals surface area contributed by atoms with Crippen LogP contribution in [-0.2, 0) is 17.6 Å². The van der Waals surface area contributed by atoms with Gasteiger partial charge in [0.2, 0.25) is 0 Å². The molecule has 0 spiro atoms. The summed E-state index contributed by atoms with van der Waals surface area (Å²) < 4.78 is 5.67. The second kappa shape index (κ2) is 6.37. The van der Waals surface area contributed by atoms with E-state index in [1.54, 1.807) is 5.38 Å². The van der Waals surface area contributed by atoms with E-state index in [0.717, 1.165) is 29.8 Å². The first-order chi connectivity index (χ1) is 10.3. The third-order valence-electron chi connectivity index (χ3n) is 3.68. The Bertz CT molecular complexity index is 639. The van der Waals surface area contributed by atoms with Crippen molar-refractivity contribution in [2.24, 2.45) is 5.73 Å². The predicted molar refractivity (Wildman–Crippen MR) is 82.4 cm³/mol. The van der Waals surface area contributed by atoms with Crippen LogP contribution in [-0.4, -0.2) is 17.5 Å². The lowest BCUT2D eigenvalue weighted by Crippen LogP contribution is -2.17. The fraction of sp³-hybridized carbons (Fsp3) is 0.375. The molecule has 5 heteroatoms. The van der Waals surface area contributed by atoms with Crippen LogP contribution in [0.4, 0.5) is 0 Å². The van der Waals surface area contributed by atoms with Gasteiger partial charge in [-0.05, 0) is 36.9 Å². The summed E-state index contributed by atoms with van der Waals surface area (Å²) >= 11 is 1.46. The van der Waals surface area contributed by atoms with E-state index in [-0.39, 0.29) is 12.1 Å². The molecule has 1 aliphatic carbocycles. The summed E-state index contributed by atoms with van der Waals surface area (Å²) in [5.74, 6) is -0.337. The Kier molecular flexibility index (Phi) is 4.31. The molecule has 0 amide bonds. The van der Waals surface area contributed by atoms with E-state index in [4.69, 9.17) is 10.5 Å². The molecule has 0 radical (unpaired) electrons. The highest BCUT2D eigenvalue weighted by Crippen LogP contribution is 2.33. The smallest absolute Gasteiger partial charge is 0.358 e. The summed E-state index contributed by atoms with van der Waals surface area (Å²) in [6, 6.07) is 8.18. The number of thiazole rings is 1. The van der Waals surface area contributed by atoms with Crippen molar-refractivity contribution in [2.75, 3.05) is 6.54 Å². The minimum absolute atomic E-state index is 0.151. The van der Waals surface area contributed by atoms with Gasteiger partial charge in [-0.25, -0.2) is 9.78 Å². The van der Waals surface area contributed by atoms with E-state index in [1.807, 2.05) is 18.2 Å². The maximum Gasteiger partial charge on any atom is 0.358 e. The van der Waals surface area contributed by atoms with Crippen molar-refractivity contribution in [1.82, 2.24) is 4.98 Å². The summed E-state index contributed by atoms with van der Waals surface area (Å²) in [6.07, 6.45) is 3.53. The fourth-order valence-electron chi connectivity index (χ4n) is 2.66. The van der Waals surface area contributed by atoms with Crippen LogP contribution < -0.4 is 5.73 Å². The maximum absolute atomic E-state index is 12.2. The van der Waals surface area contributed by atoms with Crippen LogP contribution in [0.2, 0.25) is 0 Å². The van der Waals surface area contributed by atoms with Gasteiger partial charge in [0, 0.05) is 11.8 Å². The molecular weight excluding hydrogens is 284 g/mol. The highest BCUT2D eigenvalue weighted by molar-refractivity contribution is 7.09. The van der Waals surface area contributed by atoms with Gasteiger partial charge in [0.15, 0.2) is 5.69 Å². The molecule has 0 bridgehead atoms. The number of aryl methyl sites for hydroxylation is 1. The van der Waals surface area contributed by atoms with E-state index in [1.165, 1.54) is 16.9 Å². The van der Waals surface area contributed by atoms with Gasteiger partial charge < -0.3 is 10.5 Å². The van der Waals surface area contributed by atoms with Crippen molar-refractivity contribution in [1.29, 1.82) is 0 Å². The summed E-state index contributed by atoms with van der Waals surface area (Å²) in [5.41, 5.74) is 8.31. The van der Waals surface area contributed by atoms with Gasteiger partial charge in [-0.2, -0.15) is 0 Å². The summed E-state index contributed by atoms with van der Waals surface area (Å²) in [6.45, 7) is 0.540. The minimum Gasteiger partial charge on any atom is -0.453 e. The molecule has 0 aliphatic heterocycles. The molecule has 3 rings (SSSR count). The first-order valence-corrected chi connectivity index (χ1v) is 8.09. The van der Waals surface area contributed by atoms with Gasteiger partial charge in [0.25, 0.3) is 0 Å². The zero-order valence-electron chi connectivity index (χ0n) is 11.7. The first kappa shape index (κ1) is 14.2. The van der Waals surface area contributed by atoms with Crippen molar-refractivity contribution in [2.45, 2.75) is 31.8 Å². The maximum atomic E-state index is 12.2. The Hall–Kier alpha value is -1.72. The molecule has 21 heavy (non-hydrogen) atoms. The monoisotopic (exact) mass is 302 g/mol. The highest BCUT2D eigenvalue weighted by atomic mass is 32.1. The van der Waals surface area contributed by atoms with Crippen molar-refractivity contribution >= 4 is 17.3 Å². The van der Waals surface area contributed by atoms with Gasteiger partial charge >= 0.3 is 5.97 Å². The number of nitrogens with zero attached hydrogens (tertiary/aromatic N) is 1. The third kappa shape index (κ3) is 3.14. The van der Waals surface area contributed by atoms with Crippen molar-refractivity contribution in [3.63, 3.8) is 0 Å². The molecule has 1 aromatic heterocycles.